The molecule has 0 saturated heterocycles. The van der Waals surface area contributed by atoms with E-state index >= 15 is 0 Å². The molecule has 2 aromatic rings. The van der Waals surface area contributed by atoms with Crippen molar-refractivity contribution in [3.05, 3.63) is 53.6 Å². The van der Waals surface area contributed by atoms with E-state index in [1.54, 1.807) is 12.1 Å². The van der Waals surface area contributed by atoms with Gasteiger partial charge in [0, 0.05) is 19.4 Å². The second-order valence-corrected chi connectivity index (χ2v) is 5.11. The third kappa shape index (κ3) is 5.15. The number of hydrogen-bond donors (Lipinski definition) is 1. The lowest BCUT2D eigenvalue weighted by atomic mass is 10.0. The summed E-state index contributed by atoms with van der Waals surface area (Å²) in [6, 6.07) is 6.47. The molecule has 0 spiro atoms. The molecule has 5 nitrogen and oxygen atoms in total. The summed E-state index contributed by atoms with van der Waals surface area (Å²) in [5, 5.41) is 0. The van der Waals surface area contributed by atoms with Crippen molar-refractivity contribution in [2.24, 2.45) is 5.73 Å². The molecule has 0 saturated carbocycles. The molecule has 0 aliphatic rings. The summed E-state index contributed by atoms with van der Waals surface area (Å²) in [5.41, 5.74) is 7.70. The van der Waals surface area contributed by atoms with Crippen molar-refractivity contribution in [3.8, 4) is 0 Å². The molecule has 0 radical (unpaired) electrons. The predicted octanol–water partition coefficient (Wildman–Crippen LogP) is 3.09. The summed E-state index contributed by atoms with van der Waals surface area (Å²) < 4.78 is 26.3. The van der Waals surface area contributed by atoms with Gasteiger partial charge in [-0.05, 0) is 12.5 Å². The Kier molecular flexibility index (Phi) is 8.88. The number of carbonyl (C=O) groups excluding carboxylic acids is 1. The summed E-state index contributed by atoms with van der Waals surface area (Å²) in [6.07, 6.45) is 2.46. The molecule has 1 atom stereocenters. The number of likely N-dealkylation sites (N-methyl/N-ethyl adjacent to an activating group) is 1. The van der Waals surface area contributed by atoms with Crippen LogP contribution in [0.2, 0.25) is 0 Å². The number of rotatable bonds is 5. The Morgan fingerprint density at radius 1 is 1.29 bits per heavy atom. The zero-order valence-corrected chi connectivity index (χ0v) is 14.9. The van der Waals surface area contributed by atoms with Crippen molar-refractivity contribution < 1.29 is 13.6 Å². The highest BCUT2D eigenvalue weighted by molar-refractivity contribution is 5.85. The molecule has 9 heteroatoms. The lowest BCUT2D eigenvalue weighted by molar-refractivity contribution is -0.132. The van der Waals surface area contributed by atoms with E-state index in [4.69, 9.17) is 5.73 Å². The SMILES string of the molecule is Cc1ccc(C(N)C(=O)N(C)Cc2nccn2C(F)F)cc1.Cl.Cl. The van der Waals surface area contributed by atoms with Gasteiger partial charge in [0.15, 0.2) is 0 Å². The van der Waals surface area contributed by atoms with Crippen LogP contribution in [0, 0.1) is 6.92 Å². The summed E-state index contributed by atoms with van der Waals surface area (Å²) in [7, 11) is 1.51. The normalized spacial score (nSPS) is 11.4. The van der Waals surface area contributed by atoms with E-state index in [-0.39, 0.29) is 43.1 Å². The molecule has 1 unspecified atom stereocenters. The molecule has 0 aliphatic heterocycles. The van der Waals surface area contributed by atoms with Crippen LogP contribution in [0.5, 0.6) is 0 Å². The van der Waals surface area contributed by atoms with Gasteiger partial charge in [-0.15, -0.1) is 24.8 Å². The molecule has 0 bridgehead atoms. The Morgan fingerprint density at radius 3 is 2.42 bits per heavy atom. The number of alkyl halides is 2. The van der Waals surface area contributed by atoms with E-state index in [2.05, 4.69) is 4.98 Å². The molecular formula is C15H20Cl2F2N4O. The molecule has 134 valence electrons. The van der Waals surface area contributed by atoms with E-state index in [0.717, 1.165) is 10.1 Å². The Labute approximate surface area is 151 Å². The van der Waals surface area contributed by atoms with E-state index < -0.39 is 12.6 Å². The number of nitrogens with two attached hydrogens (primary N) is 1. The van der Waals surface area contributed by atoms with Crippen LogP contribution in [0.1, 0.15) is 29.5 Å². The molecular weight excluding hydrogens is 361 g/mol. The standard InChI is InChI=1S/C15H18F2N4O.2ClH/c1-10-3-5-11(6-4-10)13(18)14(22)20(2)9-12-19-7-8-21(12)15(16)17;;/h3-8,13,15H,9,18H2,1-2H3;2*1H. The first-order valence-electron chi connectivity index (χ1n) is 6.77. The van der Waals surface area contributed by atoms with Gasteiger partial charge in [0.25, 0.3) is 0 Å². The molecule has 1 heterocycles. The Balaban J connectivity index is 0.00000264. The van der Waals surface area contributed by atoms with Crippen molar-refractivity contribution in [3.63, 3.8) is 0 Å². The first-order valence-corrected chi connectivity index (χ1v) is 6.77. The number of carbonyl (C=O) groups is 1. The van der Waals surface area contributed by atoms with E-state index in [9.17, 15) is 13.6 Å². The number of benzene rings is 1. The fraction of sp³-hybridized carbons (Fsp3) is 0.333. The predicted molar refractivity (Wildman–Crippen MR) is 92.6 cm³/mol. The summed E-state index contributed by atoms with van der Waals surface area (Å²) in [4.78, 5) is 17.5. The first-order chi connectivity index (χ1) is 10.4. The van der Waals surface area contributed by atoms with Crippen molar-refractivity contribution >= 4 is 30.7 Å². The summed E-state index contributed by atoms with van der Waals surface area (Å²) >= 11 is 0. The maximum absolute atomic E-state index is 12.8. The third-order valence-electron chi connectivity index (χ3n) is 3.42. The lowest BCUT2D eigenvalue weighted by Crippen LogP contribution is -2.36. The van der Waals surface area contributed by atoms with E-state index in [1.165, 1.54) is 24.3 Å². The number of halogens is 4. The van der Waals surface area contributed by atoms with E-state index in [0.29, 0.717) is 5.56 Å². The highest BCUT2D eigenvalue weighted by Crippen LogP contribution is 2.17. The maximum atomic E-state index is 12.8. The molecule has 1 aromatic heterocycles. The molecule has 24 heavy (non-hydrogen) atoms. The quantitative estimate of drug-likeness (QED) is 0.866. The molecule has 1 amide bonds. The van der Waals surface area contributed by atoms with Crippen LogP contribution in [0.3, 0.4) is 0 Å². The Morgan fingerprint density at radius 2 is 1.88 bits per heavy atom. The van der Waals surface area contributed by atoms with Gasteiger partial charge in [-0.2, -0.15) is 8.78 Å². The highest BCUT2D eigenvalue weighted by atomic mass is 35.5. The van der Waals surface area contributed by atoms with Crippen molar-refractivity contribution in [2.75, 3.05) is 7.05 Å². The van der Waals surface area contributed by atoms with Gasteiger partial charge in [-0.25, -0.2) is 4.98 Å². The fourth-order valence-corrected chi connectivity index (χ4v) is 2.09. The second-order valence-electron chi connectivity index (χ2n) is 5.11. The van der Waals surface area contributed by atoms with Gasteiger partial charge in [-0.1, -0.05) is 29.8 Å². The summed E-state index contributed by atoms with van der Waals surface area (Å²) in [5.74, 6) is -0.241. The highest BCUT2D eigenvalue weighted by Gasteiger charge is 2.22. The summed E-state index contributed by atoms with van der Waals surface area (Å²) in [6.45, 7) is -0.782. The number of amides is 1. The average Bonchev–Trinajstić information content (AvgIpc) is 2.94. The van der Waals surface area contributed by atoms with Gasteiger partial charge >= 0.3 is 6.55 Å². The van der Waals surface area contributed by atoms with Crippen molar-refractivity contribution in [1.29, 1.82) is 0 Å². The van der Waals surface area contributed by atoms with Gasteiger partial charge < -0.3 is 10.6 Å². The largest absolute Gasteiger partial charge is 0.337 e. The average molecular weight is 381 g/mol. The zero-order valence-electron chi connectivity index (χ0n) is 13.2. The molecule has 1 aromatic carbocycles. The van der Waals surface area contributed by atoms with Crippen LogP contribution in [-0.4, -0.2) is 27.4 Å². The van der Waals surface area contributed by atoms with Gasteiger partial charge in [0.1, 0.15) is 11.9 Å². The number of imidazole rings is 1. The zero-order chi connectivity index (χ0) is 16.3. The van der Waals surface area contributed by atoms with Gasteiger partial charge in [0.05, 0.1) is 6.54 Å². The fourth-order valence-electron chi connectivity index (χ4n) is 2.09. The van der Waals surface area contributed by atoms with Crippen LogP contribution in [0.4, 0.5) is 8.78 Å². The van der Waals surface area contributed by atoms with Crippen LogP contribution < -0.4 is 5.73 Å². The minimum Gasteiger partial charge on any atom is -0.337 e. The number of aryl methyl sites for hydroxylation is 1. The minimum atomic E-state index is -2.69. The van der Waals surface area contributed by atoms with Gasteiger partial charge in [0.2, 0.25) is 5.91 Å². The monoisotopic (exact) mass is 380 g/mol. The van der Waals surface area contributed by atoms with Crippen molar-refractivity contribution in [2.45, 2.75) is 26.1 Å². The maximum Gasteiger partial charge on any atom is 0.319 e. The number of nitrogens with zero attached hydrogens (tertiary/aromatic N) is 3. The first kappa shape index (κ1) is 22.3. The van der Waals surface area contributed by atoms with Crippen LogP contribution in [0.25, 0.3) is 0 Å². The van der Waals surface area contributed by atoms with Crippen LogP contribution in [0.15, 0.2) is 36.7 Å². The van der Waals surface area contributed by atoms with Crippen LogP contribution in [-0.2, 0) is 11.3 Å². The minimum absolute atomic E-state index is 0. The Hall–Kier alpha value is -1.70. The number of hydrogen-bond acceptors (Lipinski definition) is 3. The lowest BCUT2D eigenvalue weighted by Gasteiger charge is -2.21. The number of aromatic nitrogens is 2. The molecule has 2 rings (SSSR count). The Bertz CT molecular complexity index is 649. The third-order valence-corrected chi connectivity index (χ3v) is 3.42. The molecule has 2 N–H and O–H groups in total. The molecule has 0 aliphatic carbocycles. The topological polar surface area (TPSA) is 64.2 Å². The molecule has 0 fully saturated rings. The second kappa shape index (κ2) is 9.56. The van der Waals surface area contributed by atoms with Gasteiger partial charge in [-0.3, -0.25) is 9.36 Å². The van der Waals surface area contributed by atoms with Crippen molar-refractivity contribution in [1.82, 2.24) is 14.5 Å². The van der Waals surface area contributed by atoms with Crippen LogP contribution >= 0.6 is 24.8 Å². The van der Waals surface area contributed by atoms with E-state index in [1.807, 2.05) is 19.1 Å². The smallest absolute Gasteiger partial charge is 0.319 e.